The number of benzene rings is 1. The first-order chi connectivity index (χ1) is 8.83. The lowest BCUT2D eigenvalue weighted by Gasteiger charge is -2.19. The second-order valence-electron chi connectivity index (χ2n) is 4.86. The van der Waals surface area contributed by atoms with Gasteiger partial charge in [-0.05, 0) is 37.6 Å². The summed E-state index contributed by atoms with van der Waals surface area (Å²) >= 11 is 2.12. The molecule has 1 atom stereocenters. The molecule has 1 N–H and O–H groups in total. The second-order valence-corrected chi connectivity index (χ2v) is 6.19. The largest absolute Gasteiger partial charge is 0.497 e. The maximum absolute atomic E-state index is 5.29. The molecule has 0 aromatic heterocycles. The molecular formula is C15H23NOS. The Balaban J connectivity index is 1.93. The zero-order valence-electron chi connectivity index (χ0n) is 11.3. The van der Waals surface area contributed by atoms with E-state index < -0.39 is 0 Å². The third-order valence-electron chi connectivity index (χ3n) is 3.65. The summed E-state index contributed by atoms with van der Waals surface area (Å²) < 4.78 is 5.29. The van der Waals surface area contributed by atoms with E-state index in [4.69, 9.17) is 4.74 Å². The standard InChI is InChI=1S/C15H23NOS/c1-16-15(11-18-14-8-3-4-9-14)12-6-5-7-13(10-12)17-2/h5-7,10,14-16H,3-4,8-9,11H2,1-2H3. The van der Waals surface area contributed by atoms with Gasteiger partial charge in [0.05, 0.1) is 7.11 Å². The van der Waals surface area contributed by atoms with Crippen molar-refractivity contribution in [1.82, 2.24) is 5.32 Å². The van der Waals surface area contributed by atoms with Gasteiger partial charge in [-0.25, -0.2) is 0 Å². The summed E-state index contributed by atoms with van der Waals surface area (Å²) in [6.45, 7) is 0. The molecule has 1 unspecified atom stereocenters. The average Bonchev–Trinajstić information content (AvgIpc) is 2.93. The van der Waals surface area contributed by atoms with Gasteiger partial charge >= 0.3 is 0 Å². The number of hydrogen-bond donors (Lipinski definition) is 1. The van der Waals surface area contributed by atoms with Crippen molar-refractivity contribution < 1.29 is 4.74 Å². The minimum atomic E-state index is 0.422. The molecule has 0 amide bonds. The predicted octanol–water partition coefficient (Wildman–Crippen LogP) is 3.63. The molecule has 1 aliphatic rings. The molecule has 0 aliphatic heterocycles. The van der Waals surface area contributed by atoms with Crippen molar-refractivity contribution in [3.63, 3.8) is 0 Å². The molecular weight excluding hydrogens is 242 g/mol. The van der Waals surface area contributed by atoms with Gasteiger partial charge < -0.3 is 10.1 Å². The van der Waals surface area contributed by atoms with E-state index in [9.17, 15) is 0 Å². The highest BCUT2D eigenvalue weighted by Gasteiger charge is 2.18. The van der Waals surface area contributed by atoms with E-state index in [-0.39, 0.29) is 0 Å². The van der Waals surface area contributed by atoms with Gasteiger partial charge in [0.1, 0.15) is 5.75 Å². The third-order valence-corrected chi connectivity index (χ3v) is 5.11. The van der Waals surface area contributed by atoms with Crippen LogP contribution in [0.25, 0.3) is 0 Å². The molecule has 18 heavy (non-hydrogen) atoms. The molecule has 3 heteroatoms. The molecule has 100 valence electrons. The Morgan fingerprint density at radius 3 is 2.83 bits per heavy atom. The Labute approximate surface area is 114 Å². The van der Waals surface area contributed by atoms with Gasteiger partial charge in [0.15, 0.2) is 0 Å². The molecule has 0 heterocycles. The van der Waals surface area contributed by atoms with Crippen molar-refractivity contribution in [2.75, 3.05) is 19.9 Å². The van der Waals surface area contributed by atoms with E-state index in [0.717, 1.165) is 16.8 Å². The molecule has 1 fully saturated rings. The van der Waals surface area contributed by atoms with E-state index in [0.29, 0.717) is 6.04 Å². The molecule has 2 rings (SSSR count). The fraction of sp³-hybridized carbons (Fsp3) is 0.600. The zero-order valence-corrected chi connectivity index (χ0v) is 12.1. The van der Waals surface area contributed by atoms with Crippen molar-refractivity contribution in [2.24, 2.45) is 0 Å². The lowest BCUT2D eigenvalue weighted by atomic mass is 10.1. The molecule has 0 radical (unpaired) electrons. The Kier molecular flexibility index (Phi) is 5.39. The number of rotatable bonds is 6. The third kappa shape index (κ3) is 3.66. The Bertz CT molecular complexity index is 363. The van der Waals surface area contributed by atoms with Gasteiger partial charge in [-0.15, -0.1) is 0 Å². The maximum Gasteiger partial charge on any atom is 0.119 e. The first-order valence-corrected chi connectivity index (χ1v) is 7.81. The lowest BCUT2D eigenvalue weighted by Crippen LogP contribution is -2.19. The van der Waals surface area contributed by atoms with E-state index in [2.05, 4.69) is 35.3 Å². The second kappa shape index (κ2) is 7.05. The predicted molar refractivity (Wildman–Crippen MR) is 79.5 cm³/mol. The molecule has 1 aromatic rings. The van der Waals surface area contributed by atoms with Gasteiger partial charge in [0.25, 0.3) is 0 Å². The van der Waals surface area contributed by atoms with Gasteiger partial charge in [0.2, 0.25) is 0 Å². The monoisotopic (exact) mass is 265 g/mol. The Hall–Kier alpha value is -0.670. The number of methoxy groups -OCH3 is 1. The number of thioether (sulfide) groups is 1. The summed E-state index contributed by atoms with van der Waals surface area (Å²) in [5.41, 5.74) is 1.32. The van der Waals surface area contributed by atoms with Crippen LogP contribution in [0, 0.1) is 0 Å². The van der Waals surface area contributed by atoms with Crippen molar-refractivity contribution in [1.29, 1.82) is 0 Å². The summed E-state index contributed by atoms with van der Waals surface area (Å²) in [6.07, 6.45) is 5.64. The van der Waals surface area contributed by atoms with Crippen molar-refractivity contribution in [3.05, 3.63) is 29.8 Å². The molecule has 0 spiro atoms. The van der Waals surface area contributed by atoms with Crippen LogP contribution in [0.2, 0.25) is 0 Å². The van der Waals surface area contributed by atoms with Crippen LogP contribution in [-0.2, 0) is 0 Å². The van der Waals surface area contributed by atoms with Gasteiger partial charge in [0, 0.05) is 17.0 Å². The Morgan fingerprint density at radius 2 is 2.17 bits per heavy atom. The molecule has 1 aliphatic carbocycles. The van der Waals surface area contributed by atoms with Crippen LogP contribution in [0.4, 0.5) is 0 Å². The zero-order chi connectivity index (χ0) is 12.8. The Morgan fingerprint density at radius 1 is 1.39 bits per heavy atom. The highest BCUT2D eigenvalue weighted by Crippen LogP contribution is 2.32. The van der Waals surface area contributed by atoms with Crippen LogP contribution < -0.4 is 10.1 Å². The van der Waals surface area contributed by atoms with Crippen molar-refractivity contribution >= 4 is 11.8 Å². The molecule has 0 saturated heterocycles. The summed E-state index contributed by atoms with van der Waals surface area (Å²) in [5.74, 6) is 2.09. The summed E-state index contributed by atoms with van der Waals surface area (Å²) in [5, 5.41) is 4.30. The average molecular weight is 265 g/mol. The highest BCUT2D eigenvalue weighted by atomic mass is 32.2. The first-order valence-electron chi connectivity index (χ1n) is 6.76. The summed E-state index contributed by atoms with van der Waals surface area (Å²) in [7, 11) is 3.76. The van der Waals surface area contributed by atoms with E-state index in [1.54, 1.807) is 7.11 Å². The highest BCUT2D eigenvalue weighted by molar-refractivity contribution is 7.99. The van der Waals surface area contributed by atoms with Gasteiger partial charge in [-0.2, -0.15) is 11.8 Å². The minimum absolute atomic E-state index is 0.422. The number of ether oxygens (including phenoxy) is 1. The fourth-order valence-corrected chi connectivity index (χ4v) is 3.98. The van der Waals surface area contributed by atoms with Crippen molar-refractivity contribution in [3.8, 4) is 5.75 Å². The topological polar surface area (TPSA) is 21.3 Å². The van der Waals surface area contributed by atoms with E-state index >= 15 is 0 Å². The van der Waals surface area contributed by atoms with E-state index in [1.807, 2.05) is 13.1 Å². The quantitative estimate of drug-likeness (QED) is 0.848. The fourth-order valence-electron chi connectivity index (χ4n) is 2.49. The lowest BCUT2D eigenvalue weighted by molar-refractivity contribution is 0.413. The molecule has 0 bridgehead atoms. The molecule has 1 aromatic carbocycles. The van der Waals surface area contributed by atoms with E-state index in [1.165, 1.54) is 31.2 Å². The minimum Gasteiger partial charge on any atom is -0.497 e. The first kappa shape index (κ1) is 13.8. The van der Waals surface area contributed by atoms with Gasteiger partial charge in [-0.1, -0.05) is 25.0 Å². The normalized spacial score (nSPS) is 17.9. The summed E-state index contributed by atoms with van der Waals surface area (Å²) in [4.78, 5) is 0. The van der Waals surface area contributed by atoms with Crippen LogP contribution in [0.1, 0.15) is 37.3 Å². The van der Waals surface area contributed by atoms with Crippen LogP contribution in [0.3, 0.4) is 0 Å². The maximum atomic E-state index is 5.29. The van der Waals surface area contributed by atoms with Crippen LogP contribution >= 0.6 is 11.8 Å². The summed E-state index contributed by atoms with van der Waals surface area (Å²) in [6, 6.07) is 8.81. The van der Waals surface area contributed by atoms with Crippen LogP contribution in [0.5, 0.6) is 5.75 Å². The van der Waals surface area contributed by atoms with Crippen LogP contribution in [0.15, 0.2) is 24.3 Å². The van der Waals surface area contributed by atoms with Crippen LogP contribution in [-0.4, -0.2) is 25.2 Å². The smallest absolute Gasteiger partial charge is 0.119 e. The van der Waals surface area contributed by atoms with Gasteiger partial charge in [-0.3, -0.25) is 0 Å². The molecule has 1 saturated carbocycles. The molecule has 2 nitrogen and oxygen atoms in total. The van der Waals surface area contributed by atoms with Crippen molar-refractivity contribution in [2.45, 2.75) is 37.0 Å². The number of nitrogens with one attached hydrogen (secondary N) is 1. The SMILES string of the molecule is CNC(CSC1CCCC1)c1cccc(OC)c1. The number of hydrogen-bond acceptors (Lipinski definition) is 3.